The smallest absolute Gasteiger partial charge is 0.244 e. The van der Waals surface area contributed by atoms with E-state index in [0.29, 0.717) is 19.6 Å². The number of piperidine rings is 1. The molecule has 1 aromatic rings. The third-order valence-electron chi connectivity index (χ3n) is 3.69. The Hall–Kier alpha value is -0.980. The Morgan fingerprint density at radius 2 is 2.11 bits per heavy atom. The van der Waals surface area contributed by atoms with Gasteiger partial charge < -0.3 is 5.73 Å². The normalized spacial score (nSPS) is 20.8. The molecule has 0 saturated carbocycles. The summed E-state index contributed by atoms with van der Waals surface area (Å²) in [5.41, 5.74) is 5.80. The van der Waals surface area contributed by atoms with Crippen molar-refractivity contribution in [2.75, 3.05) is 19.6 Å². The van der Waals surface area contributed by atoms with Crippen LogP contribution in [0.4, 0.5) is 0 Å². The molecule has 0 aliphatic carbocycles. The van der Waals surface area contributed by atoms with E-state index in [1.165, 1.54) is 10.5 Å². The molecule has 5 nitrogen and oxygen atoms in total. The molecule has 0 aromatic carbocycles. The van der Waals surface area contributed by atoms with Crippen LogP contribution >= 0.6 is 0 Å². The molecule has 6 heteroatoms. The van der Waals surface area contributed by atoms with Crippen LogP contribution in [0.5, 0.6) is 0 Å². The van der Waals surface area contributed by atoms with Crippen molar-refractivity contribution in [3.05, 3.63) is 24.5 Å². The molecule has 0 bridgehead atoms. The van der Waals surface area contributed by atoms with E-state index in [2.05, 4.69) is 11.9 Å². The molecule has 18 heavy (non-hydrogen) atoms. The van der Waals surface area contributed by atoms with E-state index in [4.69, 9.17) is 5.73 Å². The Morgan fingerprint density at radius 1 is 1.44 bits per heavy atom. The molecule has 1 saturated heterocycles. The number of hydrogen-bond donors (Lipinski definition) is 1. The minimum Gasteiger partial charge on any atom is -0.330 e. The standard InChI is InChI=1S/C12H19N3O2S/c1-12(10-13)4-7-15(8-5-12)18(16,17)11-3-2-6-14-9-11/h2-3,6,9H,4-5,7-8,10,13H2,1H3. The molecule has 0 amide bonds. The molecule has 1 fully saturated rings. The maximum Gasteiger partial charge on any atom is 0.244 e. The highest BCUT2D eigenvalue weighted by atomic mass is 32.2. The summed E-state index contributed by atoms with van der Waals surface area (Å²) in [7, 11) is -3.39. The van der Waals surface area contributed by atoms with Crippen molar-refractivity contribution in [1.82, 2.24) is 9.29 Å². The average Bonchev–Trinajstić information content (AvgIpc) is 2.40. The van der Waals surface area contributed by atoms with E-state index >= 15 is 0 Å². The van der Waals surface area contributed by atoms with Gasteiger partial charge in [0, 0.05) is 25.5 Å². The second kappa shape index (κ2) is 4.95. The van der Waals surface area contributed by atoms with Crippen molar-refractivity contribution in [3.8, 4) is 0 Å². The number of rotatable bonds is 3. The van der Waals surface area contributed by atoms with E-state index < -0.39 is 10.0 Å². The Labute approximate surface area is 108 Å². The summed E-state index contributed by atoms with van der Waals surface area (Å²) in [5, 5.41) is 0. The molecule has 0 spiro atoms. The van der Waals surface area contributed by atoms with Crippen LogP contribution in [-0.4, -0.2) is 37.3 Å². The Morgan fingerprint density at radius 3 is 2.61 bits per heavy atom. The quantitative estimate of drug-likeness (QED) is 0.882. The second-order valence-corrected chi connectivity index (χ2v) is 7.05. The molecule has 2 N–H and O–H groups in total. The molecular formula is C12H19N3O2S. The molecule has 0 radical (unpaired) electrons. The van der Waals surface area contributed by atoms with Crippen LogP contribution in [0.3, 0.4) is 0 Å². The average molecular weight is 269 g/mol. The van der Waals surface area contributed by atoms with E-state index in [0.717, 1.165) is 12.8 Å². The first-order valence-corrected chi connectivity index (χ1v) is 7.52. The summed E-state index contributed by atoms with van der Waals surface area (Å²) in [6.07, 6.45) is 4.58. The van der Waals surface area contributed by atoms with Gasteiger partial charge in [0.2, 0.25) is 10.0 Å². The largest absolute Gasteiger partial charge is 0.330 e. The fourth-order valence-electron chi connectivity index (χ4n) is 2.12. The van der Waals surface area contributed by atoms with Gasteiger partial charge in [-0.1, -0.05) is 6.92 Å². The summed E-state index contributed by atoms with van der Waals surface area (Å²) in [5.74, 6) is 0. The Bertz CT molecular complexity index is 493. The van der Waals surface area contributed by atoms with Gasteiger partial charge in [0.05, 0.1) is 0 Å². The maximum atomic E-state index is 12.3. The number of sulfonamides is 1. The summed E-state index contributed by atoms with van der Waals surface area (Å²) < 4.78 is 26.2. The van der Waals surface area contributed by atoms with Crippen LogP contribution in [-0.2, 0) is 10.0 Å². The lowest BCUT2D eigenvalue weighted by atomic mass is 9.81. The van der Waals surface area contributed by atoms with E-state index in [9.17, 15) is 8.42 Å². The lowest BCUT2D eigenvalue weighted by Crippen LogP contribution is -2.44. The Balaban J connectivity index is 2.15. The third-order valence-corrected chi connectivity index (χ3v) is 5.58. The minimum atomic E-state index is -3.39. The van der Waals surface area contributed by atoms with Crippen molar-refractivity contribution in [1.29, 1.82) is 0 Å². The van der Waals surface area contributed by atoms with Crippen molar-refractivity contribution in [3.63, 3.8) is 0 Å². The molecule has 2 heterocycles. The third kappa shape index (κ3) is 2.55. The molecule has 100 valence electrons. The monoisotopic (exact) mass is 269 g/mol. The van der Waals surface area contributed by atoms with Crippen LogP contribution in [0, 0.1) is 5.41 Å². The van der Waals surface area contributed by atoms with Gasteiger partial charge in [0.25, 0.3) is 0 Å². The van der Waals surface area contributed by atoms with Gasteiger partial charge in [-0.15, -0.1) is 0 Å². The summed E-state index contributed by atoms with van der Waals surface area (Å²) in [6.45, 7) is 3.78. The number of hydrogen-bond acceptors (Lipinski definition) is 4. The van der Waals surface area contributed by atoms with Crippen LogP contribution in [0.2, 0.25) is 0 Å². The van der Waals surface area contributed by atoms with E-state index in [-0.39, 0.29) is 10.3 Å². The molecule has 1 aliphatic rings. The fourth-order valence-corrected chi connectivity index (χ4v) is 3.53. The SMILES string of the molecule is CC1(CN)CCN(S(=O)(=O)c2cccnc2)CC1. The first kappa shape index (κ1) is 13.5. The molecule has 0 unspecified atom stereocenters. The summed E-state index contributed by atoms with van der Waals surface area (Å²) in [6, 6.07) is 3.22. The lowest BCUT2D eigenvalue weighted by molar-refractivity contribution is 0.183. The zero-order valence-corrected chi connectivity index (χ0v) is 11.4. The predicted molar refractivity (Wildman–Crippen MR) is 69.4 cm³/mol. The van der Waals surface area contributed by atoms with Gasteiger partial charge in [0.15, 0.2) is 0 Å². The van der Waals surface area contributed by atoms with Gasteiger partial charge in [-0.05, 0) is 36.9 Å². The van der Waals surface area contributed by atoms with E-state index in [1.807, 2.05) is 0 Å². The van der Waals surface area contributed by atoms with Crippen molar-refractivity contribution < 1.29 is 8.42 Å². The number of nitrogens with zero attached hydrogens (tertiary/aromatic N) is 2. The maximum absolute atomic E-state index is 12.3. The zero-order chi connectivity index (χ0) is 13.2. The molecular weight excluding hydrogens is 250 g/mol. The van der Waals surface area contributed by atoms with Crippen LogP contribution < -0.4 is 5.73 Å². The van der Waals surface area contributed by atoms with Crippen LogP contribution in [0.15, 0.2) is 29.4 Å². The number of nitrogens with two attached hydrogens (primary N) is 1. The molecule has 0 atom stereocenters. The van der Waals surface area contributed by atoms with Gasteiger partial charge in [0.1, 0.15) is 4.90 Å². The summed E-state index contributed by atoms with van der Waals surface area (Å²) >= 11 is 0. The zero-order valence-electron chi connectivity index (χ0n) is 10.5. The highest BCUT2D eigenvalue weighted by molar-refractivity contribution is 7.89. The van der Waals surface area contributed by atoms with Gasteiger partial charge in [-0.2, -0.15) is 4.31 Å². The van der Waals surface area contributed by atoms with Crippen molar-refractivity contribution in [2.24, 2.45) is 11.1 Å². The number of pyridine rings is 1. The van der Waals surface area contributed by atoms with Gasteiger partial charge >= 0.3 is 0 Å². The lowest BCUT2D eigenvalue weighted by Gasteiger charge is -2.37. The van der Waals surface area contributed by atoms with Crippen molar-refractivity contribution in [2.45, 2.75) is 24.7 Å². The Kier molecular flexibility index (Phi) is 3.70. The highest BCUT2D eigenvalue weighted by Gasteiger charge is 2.34. The molecule has 1 aromatic heterocycles. The van der Waals surface area contributed by atoms with Gasteiger partial charge in [-0.3, -0.25) is 4.98 Å². The fraction of sp³-hybridized carbons (Fsp3) is 0.583. The van der Waals surface area contributed by atoms with Crippen LogP contribution in [0.25, 0.3) is 0 Å². The first-order valence-electron chi connectivity index (χ1n) is 6.08. The van der Waals surface area contributed by atoms with Gasteiger partial charge in [-0.25, -0.2) is 8.42 Å². The van der Waals surface area contributed by atoms with E-state index in [1.54, 1.807) is 18.3 Å². The van der Waals surface area contributed by atoms with Crippen LogP contribution in [0.1, 0.15) is 19.8 Å². The molecule has 2 rings (SSSR count). The topological polar surface area (TPSA) is 76.3 Å². The minimum absolute atomic E-state index is 0.0704. The first-order chi connectivity index (χ1) is 8.48. The summed E-state index contributed by atoms with van der Waals surface area (Å²) in [4.78, 5) is 4.13. The second-order valence-electron chi connectivity index (χ2n) is 5.11. The highest BCUT2D eigenvalue weighted by Crippen LogP contribution is 2.31. The number of aromatic nitrogens is 1. The predicted octanol–water partition coefficient (Wildman–Crippen LogP) is 0.831. The van der Waals surface area contributed by atoms with Crippen molar-refractivity contribution >= 4 is 10.0 Å². The molecule has 1 aliphatic heterocycles.